The maximum absolute atomic E-state index is 10.5. The summed E-state index contributed by atoms with van der Waals surface area (Å²) in [5.74, 6) is 0. The zero-order valence-electron chi connectivity index (χ0n) is 11.8. The zero-order valence-corrected chi connectivity index (χ0v) is 11.8. The molecule has 0 aliphatic carbocycles. The lowest BCUT2D eigenvalue weighted by Crippen LogP contribution is -2.03. The molecule has 0 fully saturated rings. The quantitative estimate of drug-likeness (QED) is 0.844. The van der Waals surface area contributed by atoms with E-state index in [1.165, 1.54) is 11.1 Å². The Morgan fingerprint density at radius 2 is 1.63 bits per heavy atom. The predicted molar refractivity (Wildman–Crippen MR) is 80.3 cm³/mol. The Kier molecular flexibility index (Phi) is 4.75. The van der Waals surface area contributed by atoms with E-state index in [-0.39, 0.29) is 0 Å². The highest BCUT2D eigenvalue weighted by Gasteiger charge is 2.13. The lowest BCUT2D eigenvalue weighted by atomic mass is 9.95. The van der Waals surface area contributed by atoms with E-state index in [0.29, 0.717) is 0 Å². The second kappa shape index (κ2) is 6.53. The summed E-state index contributed by atoms with van der Waals surface area (Å²) >= 11 is 0. The van der Waals surface area contributed by atoms with Crippen LogP contribution in [0.4, 0.5) is 0 Å². The van der Waals surface area contributed by atoms with Gasteiger partial charge in [0.05, 0.1) is 0 Å². The van der Waals surface area contributed by atoms with Crippen molar-refractivity contribution >= 4 is 0 Å². The van der Waals surface area contributed by atoms with Gasteiger partial charge in [0.1, 0.15) is 6.10 Å². The van der Waals surface area contributed by atoms with E-state index in [2.05, 4.69) is 32.0 Å². The molecular formula is C18H22O. The van der Waals surface area contributed by atoms with Gasteiger partial charge in [-0.25, -0.2) is 0 Å². The molecular weight excluding hydrogens is 232 g/mol. The maximum Gasteiger partial charge on any atom is 0.104 e. The van der Waals surface area contributed by atoms with E-state index in [1.54, 1.807) is 0 Å². The second-order valence-corrected chi connectivity index (χ2v) is 4.95. The molecule has 0 saturated carbocycles. The van der Waals surface area contributed by atoms with Gasteiger partial charge in [-0.3, -0.25) is 0 Å². The molecule has 2 aromatic carbocycles. The van der Waals surface area contributed by atoms with Crippen LogP contribution in [0.15, 0.2) is 48.5 Å². The minimum Gasteiger partial charge on any atom is -0.384 e. The first-order chi connectivity index (χ1) is 9.26. The van der Waals surface area contributed by atoms with Gasteiger partial charge in [0.15, 0.2) is 0 Å². The summed E-state index contributed by atoms with van der Waals surface area (Å²) in [7, 11) is 0. The molecule has 0 saturated heterocycles. The van der Waals surface area contributed by atoms with Crippen LogP contribution in [0.2, 0.25) is 0 Å². The Morgan fingerprint density at radius 3 is 2.26 bits per heavy atom. The smallest absolute Gasteiger partial charge is 0.104 e. The fourth-order valence-electron chi connectivity index (χ4n) is 2.46. The number of benzene rings is 2. The van der Waals surface area contributed by atoms with Gasteiger partial charge in [-0.15, -0.1) is 0 Å². The highest BCUT2D eigenvalue weighted by atomic mass is 16.3. The van der Waals surface area contributed by atoms with Crippen LogP contribution in [-0.4, -0.2) is 5.11 Å². The van der Waals surface area contributed by atoms with Gasteiger partial charge in [0.2, 0.25) is 0 Å². The van der Waals surface area contributed by atoms with Crippen molar-refractivity contribution in [3.63, 3.8) is 0 Å². The van der Waals surface area contributed by atoms with Crippen molar-refractivity contribution in [2.45, 2.75) is 39.2 Å². The lowest BCUT2D eigenvalue weighted by Gasteiger charge is -2.15. The monoisotopic (exact) mass is 254 g/mol. The van der Waals surface area contributed by atoms with Crippen LogP contribution in [0.3, 0.4) is 0 Å². The first kappa shape index (κ1) is 13.8. The van der Waals surface area contributed by atoms with Crippen molar-refractivity contribution in [2.24, 2.45) is 0 Å². The van der Waals surface area contributed by atoms with E-state index >= 15 is 0 Å². The van der Waals surface area contributed by atoms with Crippen LogP contribution < -0.4 is 0 Å². The number of aliphatic hydroxyl groups excluding tert-OH is 1. The summed E-state index contributed by atoms with van der Waals surface area (Å²) in [4.78, 5) is 0. The number of aliphatic hydroxyl groups is 1. The van der Waals surface area contributed by atoms with Gasteiger partial charge < -0.3 is 5.11 Å². The first-order valence-electron chi connectivity index (χ1n) is 7.11. The molecule has 2 aromatic rings. The van der Waals surface area contributed by atoms with Gasteiger partial charge >= 0.3 is 0 Å². The molecule has 2 rings (SSSR count). The third kappa shape index (κ3) is 3.24. The Hall–Kier alpha value is -1.60. The molecule has 0 bridgehead atoms. The summed E-state index contributed by atoms with van der Waals surface area (Å²) in [6.07, 6.45) is 2.68. The SMILES string of the molecule is CCCc1ccc(C(O)c2ccccc2CC)cc1. The van der Waals surface area contributed by atoms with E-state index in [9.17, 15) is 5.11 Å². The fourth-order valence-corrected chi connectivity index (χ4v) is 2.46. The summed E-state index contributed by atoms with van der Waals surface area (Å²) in [6.45, 7) is 4.30. The van der Waals surface area contributed by atoms with Crippen LogP contribution in [0.1, 0.15) is 48.6 Å². The van der Waals surface area contributed by atoms with Gasteiger partial charge in [-0.2, -0.15) is 0 Å². The number of rotatable bonds is 5. The summed E-state index contributed by atoms with van der Waals surface area (Å²) in [5, 5.41) is 10.5. The van der Waals surface area contributed by atoms with Crippen LogP contribution >= 0.6 is 0 Å². The molecule has 0 radical (unpaired) electrons. The second-order valence-electron chi connectivity index (χ2n) is 4.95. The lowest BCUT2D eigenvalue weighted by molar-refractivity contribution is 0.219. The minimum atomic E-state index is -0.521. The molecule has 1 unspecified atom stereocenters. The average Bonchev–Trinajstić information content (AvgIpc) is 2.47. The predicted octanol–water partition coefficient (Wildman–Crippen LogP) is 4.28. The van der Waals surface area contributed by atoms with Crippen LogP contribution in [0, 0.1) is 0 Å². The van der Waals surface area contributed by atoms with Crippen molar-refractivity contribution in [1.82, 2.24) is 0 Å². The molecule has 1 atom stereocenters. The summed E-state index contributed by atoms with van der Waals surface area (Å²) in [6, 6.07) is 16.5. The van der Waals surface area contributed by atoms with Gasteiger partial charge in [0, 0.05) is 0 Å². The first-order valence-corrected chi connectivity index (χ1v) is 7.11. The summed E-state index contributed by atoms with van der Waals surface area (Å²) < 4.78 is 0. The number of hydrogen-bond acceptors (Lipinski definition) is 1. The summed E-state index contributed by atoms with van der Waals surface area (Å²) in [5.41, 5.74) is 4.55. The number of aryl methyl sites for hydroxylation is 2. The molecule has 0 aromatic heterocycles. The topological polar surface area (TPSA) is 20.2 Å². The fraction of sp³-hybridized carbons (Fsp3) is 0.333. The number of hydrogen-bond donors (Lipinski definition) is 1. The van der Waals surface area contributed by atoms with Crippen LogP contribution in [0.25, 0.3) is 0 Å². The molecule has 0 amide bonds. The third-order valence-electron chi connectivity index (χ3n) is 3.56. The van der Waals surface area contributed by atoms with Crippen molar-refractivity contribution in [2.75, 3.05) is 0 Å². The molecule has 19 heavy (non-hydrogen) atoms. The van der Waals surface area contributed by atoms with Gasteiger partial charge in [-0.05, 0) is 35.1 Å². The zero-order chi connectivity index (χ0) is 13.7. The van der Waals surface area contributed by atoms with Crippen molar-refractivity contribution in [1.29, 1.82) is 0 Å². The van der Waals surface area contributed by atoms with E-state index in [1.807, 2.05) is 30.3 Å². The van der Waals surface area contributed by atoms with E-state index in [4.69, 9.17) is 0 Å². The molecule has 0 spiro atoms. The van der Waals surface area contributed by atoms with Crippen molar-refractivity contribution in [3.05, 3.63) is 70.8 Å². The molecule has 0 aliphatic heterocycles. The standard InChI is InChI=1S/C18H22O/c1-3-7-14-10-12-16(13-11-14)18(19)17-9-6-5-8-15(17)4-2/h5-6,8-13,18-19H,3-4,7H2,1-2H3. The molecule has 1 nitrogen and oxygen atoms in total. The Bertz CT molecular complexity index is 513. The van der Waals surface area contributed by atoms with Gasteiger partial charge in [0.25, 0.3) is 0 Å². The van der Waals surface area contributed by atoms with E-state index < -0.39 is 6.10 Å². The third-order valence-corrected chi connectivity index (χ3v) is 3.56. The Balaban J connectivity index is 2.25. The van der Waals surface area contributed by atoms with Gasteiger partial charge in [-0.1, -0.05) is 68.8 Å². The normalized spacial score (nSPS) is 12.4. The highest BCUT2D eigenvalue weighted by Crippen LogP contribution is 2.25. The Labute approximate surface area is 115 Å². The molecule has 1 N–H and O–H groups in total. The highest BCUT2D eigenvalue weighted by molar-refractivity contribution is 5.36. The molecule has 0 aliphatic rings. The largest absolute Gasteiger partial charge is 0.384 e. The Morgan fingerprint density at radius 1 is 0.947 bits per heavy atom. The van der Waals surface area contributed by atoms with Crippen LogP contribution in [0.5, 0.6) is 0 Å². The van der Waals surface area contributed by atoms with E-state index in [0.717, 1.165) is 30.4 Å². The van der Waals surface area contributed by atoms with Crippen molar-refractivity contribution < 1.29 is 5.11 Å². The molecule has 1 heteroatoms. The molecule has 100 valence electrons. The minimum absolute atomic E-state index is 0.521. The molecule has 0 heterocycles. The van der Waals surface area contributed by atoms with Crippen LogP contribution in [-0.2, 0) is 12.8 Å². The maximum atomic E-state index is 10.5. The average molecular weight is 254 g/mol. The van der Waals surface area contributed by atoms with Crippen molar-refractivity contribution in [3.8, 4) is 0 Å².